The van der Waals surface area contributed by atoms with Crippen LogP contribution in [-0.2, 0) is 6.42 Å². The van der Waals surface area contributed by atoms with Crippen LogP contribution in [-0.4, -0.2) is 53.1 Å². The molecule has 32 heavy (non-hydrogen) atoms. The second-order valence-electron chi connectivity index (χ2n) is 8.49. The van der Waals surface area contributed by atoms with Gasteiger partial charge in [-0.05, 0) is 62.8 Å². The van der Waals surface area contributed by atoms with Gasteiger partial charge in [0, 0.05) is 38.3 Å². The van der Waals surface area contributed by atoms with E-state index in [2.05, 4.69) is 14.9 Å². The molecule has 0 amide bonds. The van der Waals surface area contributed by atoms with Crippen molar-refractivity contribution in [2.75, 3.05) is 38.2 Å². The maximum Gasteiger partial charge on any atom is 0.337 e. The maximum absolute atomic E-state index is 12.2. The summed E-state index contributed by atoms with van der Waals surface area (Å²) in [7, 11) is 1.65. The van der Waals surface area contributed by atoms with Gasteiger partial charge in [0.05, 0.1) is 12.0 Å². The van der Waals surface area contributed by atoms with Crippen LogP contribution in [0.2, 0.25) is 0 Å². The number of rotatable bonds is 7. The number of benzene rings is 1. The summed E-state index contributed by atoms with van der Waals surface area (Å²) in [6, 6.07) is 7.98. The van der Waals surface area contributed by atoms with E-state index in [4.69, 9.17) is 4.74 Å². The Morgan fingerprint density at radius 1 is 1.06 bits per heavy atom. The maximum atomic E-state index is 12.2. The van der Waals surface area contributed by atoms with E-state index >= 15 is 0 Å². The minimum absolute atomic E-state index is 0.0175. The number of nitrogens with zero attached hydrogens (tertiary/aromatic N) is 5. The molecule has 0 N–H and O–H groups in total. The van der Waals surface area contributed by atoms with Crippen molar-refractivity contribution >= 4 is 17.6 Å². The molecule has 2 saturated heterocycles. The van der Waals surface area contributed by atoms with Gasteiger partial charge in [0.25, 0.3) is 0 Å². The zero-order valence-electron chi connectivity index (χ0n) is 18.9. The fraction of sp³-hybridized carbons (Fsp3) is 0.500. The van der Waals surface area contributed by atoms with Crippen molar-refractivity contribution in [3.63, 3.8) is 0 Å². The molecule has 0 bridgehead atoms. The van der Waals surface area contributed by atoms with E-state index in [0.717, 1.165) is 75.3 Å². The summed E-state index contributed by atoms with van der Waals surface area (Å²) >= 11 is 0. The average Bonchev–Trinajstić information content (AvgIpc) is 3.34. The average molecular weight is 438 g/mol. The largest absolute Gasteiger partial charge is 0.497 e. The molecule has 2 fully saturated rings. The van der Waals surface area contributed by atoms with Crippen molar-refractivity contribution in [1.82, 2.24) is 14.9 Å². The van der Waals surface area contributed by atoms with Crippen LogP contribution >= 0.6 is 0 Å². The minimum Gasteiger partial charge on any atom is -0.497 e. The number of likely N-dealkylation sites (tertiary alicyclic amines) is 1. The van der Waals surface area contributed by atoms with Crippen LogP contribution in [0.25, 0.3) is 6.08 Å². The molecule has 2 aromatic rings. The van der Waals surface area contributed by atoms with Gasteiger partial charge in [-0.15, -0.1) is 0 Å². The van der Waals surface area contributed by atoms with Crippen molar-refractivity contribution in [2.45, 2.75) is 45.4 Å². The van der Waals surface area contributed by atoms with E-state index in [-0.39, 0.29) is 10.6 Å². The molecule has 0 aliphatic carbocycles. The molecule has 8 nitrogen and oxygen atoms in total. The SMILES string of the molecule is COc1ccc(C/C(=C/c2nc(C)nc(N3CCCCC3)c2[N+](=O)[O-])N2CCCC2)cc1. The summed E-state index contributed by atoms with van der Waals surface area (Å²) in [6.45, 7) is 5.32. The number of aromatic nitrogens is 2. The number of hydrogen-bond acceptors (Lipinski definition) is 7. The first-order chi connectivity index (χ1) is 15.5. The summed E-state index contributed by atoms with van der Waals surface area (Å²) in [5.41, 5.74) is 2.61. The topological polar surface area (TPSA) is 84.6 Å². The lowest BCUT2D eigenvalue weighted by Gasteiger charge is -2.28. The van der Waals surface area contributed by atoms with Crippen LogP contribution in [0.5, 0.6) is 5.75 Å². The van der Waals surface area contributed by atoms with Crippen molar-refractivity contribution < 1.29 is 9.66 Å². The van der Waals surface area contributed by atoms with E-state index in [1.807, 2.05) is 42.2 Å². The highest BCUT2D eigenvalue weighted by Crippen LogP contribution is 2.33. The molecule has 2 aliphatic heterocycles. The van der Waals surface area contributed by atoms with E-state index in [9.17, 15) is 10.1 Å². The molecule has 2 aliphatic rings. The zero-order chi connectivity index (χ0) is 22.5. The summed E-state index contributed by atoms with van der Waals surface area (Å²) in [5.74, 6) is 1.83. The standard InChI is InChI=1S/C24H31N5O3/c1-18-25-22(23(29(30)31)24(26-18)28-14-4-3-5-15-28)17-20(27-12-6-7-13-27)16-19-8-10-21(32-2)11-9-19/h8-11,17H,3-7,12-16H2,1-2H3/b20-17-. The van der Waals surface area contributed by atoms with Gasteiger partial charge in [-0.2, -0.15) is 0 Å². The first kappa shape index (κ1) is 22.0. The Balaban J connectivity index is 1.75. The van der Waals surface area contributed by atoms with Crippen molar-refractivity contribution in [2.24, 2.45) is 0 Å². The van der Waals surface area contributed by atoms with Crippen LogP contribution in [0.1, 0.15) is 49.2 Å². The molecule has 4 rings (SSSR count). The van der Waals surface area contributed by atoms with Crippen LogP contribution in [0.3, 0.4) is 0 Å². The fourth-order valence-corrected chi connectivity index (χ4v) is 4.54. The van der Waals surface area contributed by atoms with Gasteiger partial charge >= 0.3 is 5.69 Å². The quantitative estimate of drug-likeness (QED) is 0.470. The number of piperidine rings is 1. The van der Waals surface area contributed by atoms with Gasteiger partial charge < -0.3 is 14.5 Å². The van der Waals surface area contributed by atoms with Crippen molar-refractivity contribution in [3.05, 3.63) is 57.2 Å². The Morgan fingerprint density at radius 2 is 1.72 bits per heavy atom. The van der Waals surface area contributed by atoms with E-state index in [1.54, 1.807) is 7.11 Å². The van der Waals surface area contributed by atoms with Gasteiger partial charge in [-0.3, -0.25) is 10.1 Å². The highest BCUT2D eigenvalue weighted by atomic mass is 16.6. The molecule has 170 valence electrons. The number of hydrogen-bond donors (Lipinski definition) is 0. The zero-order valence-corrected chi connectivity index (χ0v) is 18.9. The normalized spacial score (nSPS) is 17.0. The van der Waals surface area contributed by atoms with Gasteiger partial charge in [-0.25, -0.2) is 9.97 Å². The fourth-order valence-electron chi connectivity index (χ4n) is 4.54. The third-order valence-electron chi connectivity index (χ3n) is 6.20. The van der Waals surface area contributed by atoms with Crippen LogP contribution in [0.15, 0.2) is 30.0 Å². The summed E-state index contributed by atoms with van der Waals surface area (Å²) in [4.78, 5) is 25.3. The number of aryl methyl sites for hydroxylation is 1. The molecule has 3 heterocycles. The Kier molecular flexibility index (Phi) is 6.87. The third-order valence-corrected chi connectivity index (χ3v) is 6.20. The third kappa shape index (κ3) is 5.00. The Labute approximate surface area is 189 Å². The lowest BCUT2D eigenvalue weighted by Crippen LogP contribution is -2.31. The monoisotopic (exact) mass is 437 g/mol. The summed E-state index contributed by atoms with van der Waals surface area (Å²) in [5, 5.41) is 12.2. The van der Waals surface area contributed by atoms with Crippen molar-refractivity contribution in [3.8, 4) is 5.75 Å². The minimum atomic E-state index is -0.315. The second kappa shape index (κ2) is 9.97. The molecular weight excluding hydrogens is 406 g/mol. The Hall–Kier alpha value is -3.16. The molecule has 0 saturated carbocycles. The molecule has 1 aromatic carbocycles. The van der Waals surface area contributed by atoms with Gasteiger partial charge in [0.1, 0.15) is 17.3 Å². The predicted octanol–water partition coefficient (Wildman–Crippen LogP) is 4.37. The van der Waals surface area contributed by atoms with E-state index in [0.29, 0.717) is 23.8 Å². The van der Waals surface area contributed by atoms with E-state index < -0.39 is 0 Å². The molecule has 0 radical (unpaired) electrons. The molecule has 0 atom stereocenters. The molecule has 0 spiro atoms. The first-order valence-corrected chi connectivity index (χ1v) is 11.4. The van der Waals surface area contributed by atoms with Gasteiger partial charge in [0.2, 0.25) is 5.82 Å². The molecule has 8 heteroatoms. The van der Waals surface area contributed by atoms with E-state index in [1.165, 1.54) is 0 Å². The van der Waals surface area contributed by atoms with Crippen LogP contribution in [0, 0.1) is 17.0 Å². The van der Waals surface area contributed by atoms with Gasteiger partial charge in [-0.1, -0.05) is 12.1 Å². The smallest absolute Gasteiger partial charge is 0.337 e. The number of nitro groups is 1. The van der Waals surface area contributed by atoms with Crippen molar-refractivity contribution in [1.29, 1.82) is 0 Å². The molecular formula is C24H31N5O3. The summed E-state index contributed by atoms with van der Waals surface area (Å²) < 4.78 is 5.27. The first-order valence-electron chi connectivity index (χ1n) is 11.4. The number of ether oxygens (including phenoxy) is 1. The van der Waals surface area contributed by atoms with Gasteiger partial charge in [0.15, 0.2) is 0 Å². The Morgan fingerprint density at radius 3 is 2.34 bits per heavy atom. The molecule has 1 aromatic heterocycles. The molecule has 0 unspecified atom stereocenters. The highest BCUT2D eigenvalue weighted by molar-refractivity contribution is 5.70. The number of allylic oxidation sites excluding steroid dienone is 1. The summed E-state index contributed by atoms with van der Waals surface area (Å²) in [6.07, 6.45) is 8.07. The Bertz CT molecular complexity index is 978. The highest BCUT2D eigenvalue weighted by Gasteiger charge is 2.29. The lowest BCUT2D eigenvalue weighted by molar-refractivity contribution is -0.384. The number of methoxy groups -OCH3 is 1. The predicted molar refractivity (Wildman–Crippen MR) is 125 cm³/mol. The lowest BCUT2D eigenvalue weighted by atomic mass is 10.1. The van der Waals surface area contributed by atoms with Crippen LogP contribution in [0.4, 0.5) is 11.5 Å². The van der Waals surface area contributed by atoms with Crippen LogP contribution < -0.4 is 9.64 Å². The number of anilines is 1. The second-order valence-corrected chi connectivity index (χ2v) is 8.49.